The minimum Gasteiger partial charge on any atom is -0.275 e. The predicted molar refractivity (Wildman–Crippen MR) is 114 cm³/mol. The van der Waals surface area contributed by atoms with Crippen molar-refractivity contribution in [2.75, 3.05) is 10.0 Å². The first-order chi connectivity index (χ1) is 13.3. The second-order valence-corrected chi connectivity index (χ2v) is 8.14. The molecule has 0 fully saturated rings. The van der Waals surface area contributed by atoms with Gasteiger partial charge in [0.25, 0.3) is 0 Å². The van der Waals surface area contributed by atoms with Crippen molar-refractivity contribution in [1.82, 2.24) is 10.4 Å². The Hall–Kier alpha value is -2.90. The lowest BCUT2D eigenvalue weighted by molar-refractivity contribution is 0.551. The monoisotopic (exact) mass is 391 g/mol. The van der Waals surface area contributed by atoms with Gasteiger partial charge in [-0.05, 0) is 42.6 Å². The Morgan fingerprint density at radius 2 is 1.78 bits per heavy atom. The largest absolute Gasteiger partial charge is 0.275 e. The fourth-order valence-electron chi connectivity index (χ4n) is 3.07. The van der Waals surface area contributed by atoms with Crippen LogP contribution in [0.4, 0.5) is 10.8 Å². The van der Waals surface area contributed by atoms with E-state index in [0.29, 0.717) is 0 Å². The minimum absolute atomic E-state index is 0.0309. The zero-order valence-corrected chi connectivity index (χ0v) is 16.2. The Bertz CT molecular complexity index is 1050. The van der Waals surface area contributed by atoms with Gasteiger partial charge in [-0.2, -0.15) is 0 Å². The topological polar surface area (TPSA) is 43.8 Å². The minimum atomic E-state index is -0.0309. The fourth-order valence-corrected chi connectivity index (χ4v) is 4.73. The molecule has 0 bridgehead atoms. The van der Waals surface area contributed by atoms with Crippen LogP contribution in [0.2, 0.25) is 0 Å². The van der Waals surface area contributed by atoms with E-state index in [1.54, 1.807) is 22.7 Å². The lowest BCUT2D eigenvalue weighted by Gasteiger charge is -2.40. The molecule has 5 nitrogen and oxygen atoms in total. The smallest absolute Gasteiger partial charge is 0.207 e. The lowest BCUT2D eigenvalue weighted by atomic mass is 10.3. The highest BCUT2D eigenvalue weighted by molar-refractivity contribution is 7.22. The van der Waals surface area contributed by atoms with Crippen molar-refractivity contribution in [2.45, 2.75) is 13.1 Å². The number of amidine groups is 1. The van der Waals surface area contributed by atoms with Crippen LogP contribution in [-0.2, 0) is 0 Å². The molecule has 1 aliphatic heterocycles. The SMILES string of the molecule is CC1N(c2ccccc2)N=C(c2cccs2)NN1c1nc2ccccc2s1. The number of hydrogen-bond donors (Lipinski definition) is 1. The summed E-state index contributed by atoms with van der Waals surface area (Å²) in [5.74, 6) is 0.825. The van der Waals surface area contributed by atoms with Crippen LogP contribution >= 0.6 is 22.7 Å². The molecule has 7 heteroatoms. The molecule has 0 aliphatic carbocycles. The second-order valence-electron chi connectivity index (χ2n) is 6.18. The van der Waals surface area contributed by atoms with Crippen LogP contribution in [0.5, 0.6) is 0 Å². The van der Waals surface area contributed by atoms with Crippen molar-refractivity contribution in [3.63, 3.8) is 0 Å². The van der Waals surface area contributed by atoms with E-state index in [-0.39, 0.29) is 6.17 Å². The van der Waals surface area contributed by atoms with Gasteiger partial charge < -0.3 is 0 Å². The molecule has 0 saturated carbocycles. The molecule has 1 atom stereocenters. The summed E-state index contributed by atoms with van der Waals surface area (Å²) in [7, 11) is 0. The van der Waals surface area contributed by atoms with Gasteiger partial charge in [-0.1, -0.05) is 47.7 Å². The van der Waals surface area contributed by atoms with Crippen LogP contribution in [0, 0.1) is 0 Å². The summed E-state index contributed by atoms with van der Waals surface area (Å²) in [5, 5.41) is 12.0. The Morgan fingerprint density at radius 3 is 2.56 bits per heavy atom. The molecule has 27 heavy (non-hydrogen) atoms. The summed E-state index contributed by atoms with van der Waals surface area (Å²) in [6.45, 7) is 2.13. The fraction of sp³-hybridized carbons (Fsp3) is 0.100. The summed E-state index contributed by atoms with van der Waals surface area (Å²) in [4.78, 5) is 5.93. The third kappa shape index (κ3) is 2.94. The van der Waals surface area contributed by atoms with Crippen LogP contribution in [0.25, 0.3) is 10.2 Å². The van der Waals surface area contributed by atoms with E-state index in [4.69, 9.17) is 10.1 Å². The summed E-state index contributed by atoms with van der Waals surface area (Å²) >= 11 is 3.34. The van der Waals surface area contributed by atoms with E-state index in [9.17, 15) is 0 Å². The Labute approximate surface area is 165 Å². The molecular weight excluding hydrogens is 374 g/mol. The van der Waals surface area contributed by atoms with Crippen LogP contribution < -0.4 is 15.4 Å². The van der Waals surface area contributed by atoms with E-state index in [0.717, 1.165) is 27.0 Å². The molecule has 0 spiro atoms. The average molecular weight is 392 g/mol. The number of fused-ring (bicyclic) bond motifs is 1. The van der Waals surface area contributed by atoms with Crippen molar-refractivity contribution >= 4 is 49.5 Å². The number of anilines is 2. The molecule has 2 aromatic carbocycles. The molecule has 0 saturated heterocycles. The van der Waals surface area contributed by atoms with Crippen LogP contribution in [-0.4, -0.2) is 17.0 Å². The highest BCUT2D eigenvalue weighted by Crippen LogP contribution is 2.32. The maximum atomic E-state index is 4.89. The molecule has 5 rings (SSSR count). The highest BCUT2D eigenvalue weighted by atomic mass is 32.1. The third-order valence-electron chi connectivity index (χ3n) is 4.43. The van der Waals surface area contributed by atoms with Gasteiger partial charge >= 0.3 is 0 Å². The normalized spacial score (nSPS) is 17.1. The zero-order valence-electron chi connectivity index (χ0n) is 14.6. The summed E-state index contributed by atoms with van der Waals surface area (Å²) in [6.07, 6.45) is -0.0309. The first-order valence-electron chi connectivity index (χ1n) is 8.68. The van der Waals surface area contributed by atoms with Crippen LogP contribution in [0.1, 0.15) is 11.8 Å². The number of rotatable bonds is 3. The molecular formula is C20H17N5S2. The number of hydrazone groups is 1. The van der Waals surface area contributed by atoms with Crippen LogP contribution in [0.3, 0.4) is 0 Å². The number of aromatic nitrogens is 1. The molecule has 4 aromatic rings. The Balaban J connectivity index is 1.60. The molecule has 2 aromatic heterocycles. The van der Waals surface area contributed by atoms with E-state index in [1.807, 2.05) is 47.5 Å². The highest BCUT2D eigenvalue weighted by Gasteiger charge is 2.31. The van der Waals surface area contributed by atoms with E-state index in [2.05, 4.69) is 47.0 Å². The van der Waals surface area contributed by atoms with Gasteiger partial charge in [0, 0.05) is 0 Å². The molecule has 3 heterocycles. The van der Waals surface area contributed by atoms with E-state index in [1.165, 1.54) is 4.70 Å². The van der Waals surface area contributed by atoms with Gasteiger partial charge in [0.1, 0.15) is 6.17 Å². The molecule has 1 N–H and O–H groups in total. The van der Waals surface area contributed by atoms with Gasteiger partial charge in [-0.25, -0.2) is 15.0 Å². The van der Waals surface area contributed by atoms with Gasteiger partial charge in [-0.15, -0.1) is 16.4 Å². The predicted octanol–water partition coefficient (Wildman–Crippen LogP) is 4.90. The molecule has 1 unspecified atom stereocenters. The molecule has 0 radical (unpaired) electrons. The first kappa shape index (κ1) is 16.3. The van der Waals surface area contributed by atoms with Crippen molar-refractivity contribution in [3.8, 4) is 0 Å². The number of thiazole rings is 1. The van der Waals surface area contributed by atoms with Gasteiger partial charge in [0.2, 0.25) is 5.13 Å². The number of para-hydroxylation sites is 2. The number of nitrogens with one attached hydrogen (secondary N) is 1. The standard InChI is InChI=1S/C20H17N5S2/c1-14-24(15-8-3-2-4-9-15)22-19(18-12-7-13-26-18)23-25(14)20-21-16-10-5-6-11-17(16)27-20/h2-14H,1H3,(H,22,23). The number of nitrogens with zero attached hydrogens (tertiary/aromatic N) is 4. The summed E-state index contributed by atoms with van der Waals surface area (Å²) in [6, 6.07) is 22.6. The third-order valence-corrected chi connectivity index (χ3v) is 6.34. The average Bonchev–Trinajstić information content (AvgIpc) is 3.38. The van der Waals surface area contributed by atoms with Crippen LogP contribution in [0.15, 0.2) is 77.2 Å². The number of benzene rings is 2. The second kappa shape index (κ2) is 6.68. The summed E-state index contributed by atoms with van der Waals surface area (Å²) < 4.78 is 1.17. The van der Waals surface area contributed by atoms with Gasteiger partial charge in [0.15, 0.2) is 5.84 Å². The summed E-state index contributed by atoms with van der Waals surface area (Å²) in [5.41, 5.74) is 5.54. The maximum absolute atomic E-state index is 4.89. The zero-order chi connectivity index (χ0) is 18.2. The van der Waals surface area contributed by atoms with Crippen molar-refractivity contribution in [3.05, 3.63) is 77.0 Å². The number of thiophene rings is 1. The Kier molecular flexibility index (Phi) is 4.03. The van der Waals surface area contributed by atoms with Gasteiger partial charge in [-0.3, -0.25) is 5.43 Å². The van der Waals surface area contributed by atoms with Gasteiger partial charge in [0.05, 0.1) is 20.8 Å². The Morgan fingerprint density at radius 1 is 0.963 bits per heavy atom. The quantitative estimate of drug-likeness (QED) is 0.540. The lowest BCUT2D eigenvalue weighted by Crippen LogP contribution is -2.58. The first-order valence-corrected chi connectivity index (χ1v) is 10.4. The number of hydrazine groups is 1. The molecule has 1 aliphatic rings. The maximum Gasteiger partial charge on any atom is 0.207 e. The molecule has 0 amide bonds. The van der Waals surface area contributed by atoms with Crippen molar-refractivity contribution < 1.29 is 0 Å². The van der Waals surface area contributed by atoms with Crippen molar-refractivity contribution in [2.24, 2.45) is 5.10 Å². The molecule has 134 valence electrons. The van der Waals surface area contributed by atoms with E-state index < -0.39 is 0 Å². The van der Waals surface area contributed by atoms with Crippen molar-refractivity contribution in [1.29, 1.82) is 0 Å². The number of hydrogen-bond acceptors (Lipinski definition) is 7. The van der Waals surface area contributed by atoms with E-state index >= 15 is 0 Å².